The molecule has 8 nitrogen and oxygen atoms in total. The van der Waals surface area contributed by atoms with Crippen molar-refractivity contribution in [1.29, 1.82) is 0 Å². The van der Waals surface area contributed by atoms with Crippen LogP contribution < -0.4 is 14.4 Å². The SMILES string of the molecule is CC(C)(Oc1cccc(N2CCC[C@@H](C(=O)N(Cc3ccc(-c4cccs4)cc3)C3CC3)C2)c1)C(=O)NS(=O)(=O)C1CC1. The van der Waals surface area contributed by atoms with Crippen molar-refractivity contribution >= 4 is 38.9 Å². The Kier molecular flexibility index (Phi) is 8.26. The molecule has 1 aromatic heterocycles. The maximum Gasteiger partial charge on any atom is 0.277 e. The zero-order valence-electron chi connectivity index (χ0n) is 24.7. The number of carbonyl (C=O) groups is 2. The molecule has 1 atom stereocenters. The van der Waals surface area contributed by atoms with Gasteiger partial charge in [0, 0.05) is 42.3 Å². The second kappa shape index (κ2) is 12.0. The van der Waals surface area contributed by atoms with Gasteiger partial charge in [-0.1, -0.05) is 36.4 Å². The molecule has 228 valence electrons. The summed E-state index contributed by atoms with van der Waals surface area (Å²) >= 11 is 1.73. The zero-order chi connectivity index (χ0) is 30.2. The molecule has 10 heteroatoms. The van der Waals surface area contributed by atoms with E-state index in [0.717, 1.165) is 43.5 Å². The minimum absolute atomic E-state index is 0.0980. The van der Waals surface area contributed by atoms with Gasteiger partial charge in [0.1, 0.15) is 5.75 Å². The summed E-state index contributed by atoms with van der Waals surface area (Å²) in [6, 6.07) is 20.5. The molecule has 3 aromatic rings. The van der Waals surface area contributed by atoms with Crippen LogP contribution in [0.3, 0.4) is 0 Å². The molecule has 0 radical (unpaired) electrons. The van der Waals surface area contributed by atoms with Crippen molar-refractivity contribution < 1.29 is 22.7 Å². The molecule has 2 amide bonds. The van der Waals surface area contributed by atoms with Gasteiger partial charge in [0.2, 0.25) is 15.9 Å². The zero-order valence-corrected chi connectivity index (χ0v) is 26.3. The normalized spacial score (nSPS) is 19.1. The number of hydrogen-bond donors (Lipinski definition) is 1. The lowest BCUT2D eigenvalue weighted by atomic mass is 9.95. The van der Waals surface area contributed by atoms with Gasteiger partial charge >= 0.3 is 0 Å². The number of nitrogens with zero attached hydrogens (tertiary/aromatic N) is 2. The van der Waals surface area contributed by atoms with Gasteiger partial charge in [0.25, 0.3) is 5.91 Å². The van der Waals surface area contributed by atoms with E-state index in [2.05, 4.69) is 56.3 Å². The maximum absolute atomic E-state index is 13.9. The fourth-order valence-electron chi connectivity index (χ4n) is 5.63. The molecule has 6 rings (SSSR count). The summed E-state index contributed by atoms with van der Waals surface area (Å²) in [6.07, 6.45) is 5.02. The van der Waals surface area contributed by atoms with Crippen LogP contribution in [0.1, 0.15) is 57.9 Å². The van der Waals surface area contributed by atoms with E-state index in [0.29, 0.717) is 37.7 Å². The largest absolute Gasteiger partial charge is 0.478 e. The molecule has 2 aliphatic carbocycles. The Balaban J connectivity index is 1.10. The smallest absolute Gasteiger partial charge is 0.277 e. The summed E-state index contributed by atoms with van der Waals surface area (Å²) in [7, 11) is -3.66. The highest BCUT2D eigenvalue weighted by molar-refractivity contribution is 7.90. The summed E-state index contributed by atoms with van der Waals surface area (Å²) in [5.41, 5.74) is 1.88. The third-order valence-corrected chi connectivity index (χ3v) is 11.2. The minimum Gasteiger partial charge on any atom is -0.478 e. The number of anilines is 1. The molecule has 0 bridgehead atoms. The first-order valence-electron chi connectivity index (χ1n) is 15.1. The Labute approximate surface area is 258 Å². The Morgan fingerprint density at radius 3 is 2.47 bits per heavy atom. The van der Waals surface area contributed by atoms with Gasteiger partial charge < -0.3 is 14.5 Å². The first-order chi connectivity index (χ1) is 20.6. The first-order valence-corrected chi connectivity index (χ1v) is 17.5. The molecule has 3 fully saturated rings. The van der Waals surface area contributed by atoms with Crippen molar-refractivity contribution in [3.05, 3.63) is 71.6 Å². The highest BCUT2D eigenvalue weighted by Gasteiger charge is 2.41. The molecular formula is C33H39N3O5S2. The number of thiophene rings is 1. The average Bonchev–Trinajstić information content (AvgIpc) is 3.94. The van der Waals surface area contributed by atoms with E-state index in [1.54, 1.807) is 31.3 Å². The van der Waals surface area contributed by atoms with Crippen molar-refractivity contribution in [1.82, 2.24) is 9.62 Å². The van der Waals surface area contributed by atoms with Crippen molar-refractivity contribution in [3.63, 3.8) is 0 Å². The summed E-state index contributed by atoms with van der Waals surface area (Å²) in [5.74, 6) is -0.0916. The van der Waals surface area contributed by atoms with Crippen LogP contribution in [0, 0.1) is 5.92 Å². The summed E-state index contributed by atoms with van der Waals surface area (Å²) in [6.45, 7) is 5.20. The molecular weight excluding hydrogens is 583 g/mol. The van der Waals surface area contributed by atoms with Gasteiger partial charge in [-0.25, -0.2) is 13.1 Å². The van der Waals surface area contributed by atoms with Crippen molar-refractivity contribution in [2.45, 2.75) is 75.8 Å². The van der Waals surface area contributed by atoms with E-state index in [-0.39, 0.29) is 11.8 Å². The van der Waals surface area contributed by atoms with Crippen LogP contribution in [0.15, 0.2) is 66.0 Å². The number of amides is 2. The second-order valence-electron chi connectivity index (χ2n) is 12.4. The van der Waals surface area contributed by atoms with E-state index >= 15 is 0 Å². The number of piperidine rings is 1. The van der Waals surface area contributed by atoms with Gasteiger partial charge in [-0.3, -0.25) is 9.59 Å². The number of hydrogen-bond acceptors (Lipinski definition) is 7. The van der Waals surface area contributed by atoms with E-state index in [1.807, 2.05) is 18.2 Å². The van der Waals surface area contributed by atoms with Crippen molar-refractivity contribution in [2.24, 2.45) is 5.92 Å². The number of ether oxygens (including phenoxy) is 1. The third kappa shape index (κ3) is 7.07. The van der Waals surface area contributed by atoms with Crippen molar-refractivity contribution in [3.8, 4) is 16.2 Å². The average molecular weight is 622 g/mol. The molecule has 1 aliphatic heterocycles. The Bertz CT molecular complexity index is 1560. The fourth-order valence-corrected chi connectivity index (χ4v) is 7.79. The number of rotatable bonds is 11. The molecule has 2 aromatic carbocycles. The van der Waals surface area contributed by atoms with Crippen molar-refractivity contribution in [2.75, 3.05) is 18.0 Å². The fraction of sp³-hybridized carbons (Fsp3) is 0.455. The Morgan fingerprint density at radius 2 is 1.79 bits per heavy atom. The monoisotopic (exact) mass is 621 g/mol. The van der Waals surface area contributed by atoms with Crippen LogP contribution in [0.25, 0.3) is 10.4 Å². The first kappa shape index (κ1) is 29.7. The van der Waals surface area contributed by atoms with Gasteiger partial charge in [0.05, 0.1) is 11.2 Å². The third-order valence-electron chi connectivity index (χ3n) is 8.45. The van der Waals surface area contributed by atoms with Crippen LogP contribution in [0.4, 0.5) is 5.69 Å². The van der Waals surface area contributed by atoms with E-state index < -0.39 is 26.8 Å². The van der Waals surface area contributed by atoms with Gasteiger partial charge in [-0.2, -0.15) is 0 Å². The van der Waals surface area contributed by atoms with Gasteiger partial charge in [-0.15, -0.1) is 11.3 Å². The van der Waals surface area contributed by atoms with Crippen LogP contribution in [0.5, 0.6) is 5.75 Å². The van der Waals surface area contributed by atoms with E-state index in [9.17, 15) is 18.0 Å². The molecule has 2 saturated carbocycles. The number of sulfonamides is 1. The van der Waals surface area contributed by atoms with Crippen LogP contribution >= 0.6 is 11.3 Å². The molecule has 1 N–H and O–H groups in total. The lowest BCUT2D eigenvalue weighted by Crippen LogP contribution is -2.49. The summed E-state index contributed by atoms with van der Waals surface area (Å²) in [4.78, 5) is 32.2. The Morgan fingerprint density at radius 1 is 1.02 bits per heavy atom. The van der Waals surface area contributed by atoms with E-state index in [4.69, 9.17) is 4.74 Å². The molecule has 2 heterocycles. The minimum atomic E-state index is -3.66. The summed E-state index contributed by atoms with van der Waals surface area (Å²) in [5, 5.41) is 1.59. The number of benzene rings is 2. The number of nitrogens with one attached hydrogen (secondary N) is 1. The molecule has 43 heavy (non-hydrogen) atoms. The predicted octanol–water partition coefficient (Wildman–Crippen LogP) is 5.59. The van der Waals surface area contributed by atoms with Crippen LogP contribution in [0.2, 0.25) is 0 Å². The van der Waals surface area contributed by atoms with Gasteiger partial charge in [0.15, 0.2) is 5.60 Å². The van der Waals surface area contributed by atoms with Crippen LogP contribution in [-0.2, 0) is 26.2 Å². The maximum atomic E-state index is 13.9. The lowest BCUT2D eigenvalue weighted by molar-refractivity contribution is -0.137. The number of carbonyl (C=O) groups excluding carboxylic acids is 2. The predicted molar refractivity (Wildman–Crippen MR) is 169 cm³/mol. The lowest BCUT2D eigenvalue weighted by Gasteiger charge is -2.36. The van der Waals surface area contributed by atoms with Crippen LogP contribution in [-0.4, -0.2) is 55.1 Å². The van der Waals surface area contributed by atoms with E-state index in [1.165, 1.54) is 10.4 Å². The quantitative estimate of drug-likeness (QED) is 0.300. The molecule has 1 saturated heterocycles. The van der Waals surface area contributed by atoms with Gasteiger partial charge in [-0.05, 0) is 87.1 Å². The standard InChI is InChI=1S/C33H39N3O5S2/c1-33(2,32(38)34-43(39,40)29-16-17-29)41-28-8-3-7-27(20-28)35-18-4-6-25(22-35)31(37)36(26-14-15-26)21-23-10-12-24(13-11-23)30-9-5-19-42-30/h3,5,7-13,19-20,25-26,29H,4,6,14-18,21-22H2,1-2H3,(H,34,38)/t25-/m1/s1. The summed E-state index contributed by atoms with van der Waals surface area (Å²) < 4.78 is 32.8. The Hall–Kier alpha value is -3.37. The highest BCUT2D eigenvalue weighted by atomic mass is 32.2. The molecule has 0 spiro atoms. The second-order valence-corrected chi connectivity index (χ2v) is 15.4. The molecule has 0 unspecified atom stereocenters. The molecule has 3 aliphatic rings. The topological polar surface area (TPSA) is 96.0 Å². The highest BCUT2D eigenvalue weighted by Crippen LogP contribution is 2.34.